The van der Waals surface area contributed by atoms with Gasteiger partial charge < -0.3 is 20.3 Å². The van der Waals surface area contributed by atoms with Gasteiger partial charge in [0.2, 0.25) is 5.91 Å². The fraction of sp³-hybridized carbons (Fsp3) is 0.379. The first-order chi connectivity index (χ1) is 18.3. The van der Waals surface area contributed by atoms with E-state index in [1.165, 1.54) is 4.90 Å². The maximum Gasteiger partial charge on any atom is 0.272 e. The fourth-order valence-corrected chi connectivity index (χ4v) is 4.68. The maximum absolute atomic E-state index is 13.5. The number of pyridine rings is 1. The van der Waals surface area contributed by atoms with Crippen LogP contribution in [-0.2, 0) is 4.79 Å². The predicted molar refractivity (Wildman–Crippen MR) is 148 cm³/mol. The van der Waals surface area contributed by atoms with Crippen molar-refractivity contribution in [3.05, 3.63) is 70.9 Å². The van der Waals surface area contributed by atoms with Crippen LogP contribution in [0, 0.1) is 5.92 Å². The molecule has 0 bridgehead atoms. The van der Waals surface area contributed by atoms with E-state index in [4.69, 9.17) is 16.3 Å². The Bertz CT molecular complexity index is 1310. The highest BCUT2D eigenvalue weighted by Crippen LogP contribution is 2.24. The molecule has 9 heteroatoms. The van der Waals surface area contributed by atoms with Gasteiger partial charge in [0.25, 0.3) is 11.8 Å². The number of ether oxygens (including phenoxy) is 1. The van der Waals surface area contributed by atoms with Crippen molar-refractivity contribution in [2.75, 3.05) is 26.2 Å². The number of hydrogen-bond acceptors (Lipinski definition) is 5. The molecule has 0 aliphatic carbocycles. The van der Waals surface area contributed by atoms with Crippen LogP contribution in [0.15, 0.2) is 54.6 Å². The Morgan fingerprint density at radius 2 is 1.95 bits per heavy atom. The first-order valence-corrected chi connectivity index (χ1v) is 13.3. The molecular formula is C29H33ClN4O4. The summed E-state index contributed by atoms with van der Waals surface area (Å²) in [6.45, 7) is 4.95. The van der Waals surface area contributed by atoms with Gasteiger partial charge in [-0.05, 0) is 55.5 Å². The van der Waals surface area contributed by atoms with Crippen molar-refractivity contribution in [1.82, 2.24) is 20.5 Å². The van der Waals surface area contributed by atoms with Crippen molar-refractivity contribution >= 4 is 40.2 Å². The van der Waals surface area contributed by atoms with Gasteiger partial charge in [0.1, 0.15) is 18.1 Å². The Kier molecular flexibility index (Phi) is 9.18. The minimum atomic E-state index is -0.310. The number of carbonyl (C=O) groups excluding carboxylic acids is 3. The van der Waals surface area contributed by atoms with Gasteiger partial charge in [-0.1, -0.05) is 49.7 Å². The molecule has 8 nitrogen and oxygen atoms in total. The summed E-state index contributed by atoms with van der Waals surface area (Å²) in [6.07, 6.45) is 1.89. The Morgan fingerprint density at radius 1 is 1.13 bits per heavy atom. The number of nitrogens with one attached hydrogen (secondary N) is 2. The average molecular weight is 537 g/mol. The van der Waals surface area contributed by atoms with Crippen LogP contribution in [0.5, 0.6) is 5.75 Å². The lowest BCUT2D eigenvalue weighted by Crippen LogP contribution is -2.47. The summed E-state index contributed by atoms with van der Waals surface area (Å²) in [6, 6.07) is 15.7. The minimum absolute atomic E-state index is 0.0967. The monoisotopic (exact) mass is 536 g/mol. The second-order valence-electron chi connectivity index (χ2n) is 9.92. The lowest BCUT2D eigenvalue weighted by molar-refractivity contribution is -0.122. The number of para-hydroxylation sites is 1. The van der Waals surface area contributed by atoms with Gasteiger partial charge in [-0.3, -0.25) is 14.4 Å². The molecule has 2 heterocycles. The molecule has 0 spiro atoms. The molecule has 200 valence electrons. The Balaban J connectivity index is 1.56. The summed E-state index contributed by atoms with van der Waals surface area (Å²) in [4.78, 5) is 45.5. The third-order valence-corrected chi connectivity index (χ3v) is 6.56. The third-order valence-electron chi connectivity index (χ3n) is 6.33. The molecule has 2 N–H and O–H groups in total. The Labute approximate surface area is 227 Å². The third kappa shape index (κ3) is 7.22. The van der Waals surface area contributed by atoms with Crippen LogP contribution in [0.25, 0.3) is 10.9 Å². The molecule has 1 aliphatic rings. The van der Waals surface area contributed by atoms with Crippen LogP contribution < -0.4 is 15.4 Å². The molecular weight excluding hydrogens is 504 g/mol. The van der Waals surface area contributed by atoms with Crippen molar-refractivity contribution in [1.29, 1.82) is 0 Å². The summed E-state index contributed by atoms with van der Waals surface area (Å²) in [5.41, 5.74) is 1.36. The normalized spacial score (nSPS) is 17.6. The van der Waals surface area contributed by atoms with Crippen molar-refractivity contribution in [2.45, 2.75) is 39.2 Å². The molecule has 3 amide bonds. The van der Waals surface area contributed by atoms with E-state index in [0.717, 1.165) is 10.9 Å². The molecule has 1 aromatic heterocycles. The number of amides is 3. The van der Waals surface area contributed by atoms with Gasteiger partial charge in [-0.2, -0.15) is 0 Å². The first kappa shape index (κ1) is 27.4. The van der Waals surface area contributed by atoms with E-state index in [1.807, 2.05) is 30.3 Å². The first-order valence-electron chi connectivity index (χ1n) is 12.9. The largest absolute Gasteiger partial charge is 0.491 e. The molecule has 0 fully saturated rings. The molecule has 0 saturated heterocycles. The molecule has 0 unspecified atom stereocenters. The van der Waals surface area contributed by atoms with Crippen molar-refractivity contribution in [3.8, 4) is 5.75 Å². The lowest BCUT2D eigenvalue weighted by atomic mass is 10.0. The zero-order valence-electron chi connectivity index (χ0n) is 21.7. The molecule has 1 atom stereocenters. The number of benzene rings is 2. The van der Waals surface area contributed by atoms with Gasteiger partial charge in [0.15, 0.2) is 0 Å². The highest BCUT2D eigenvalue weighted by atomic mass is 35.5. The maximum atomic E-state index is 13.5. The van der Waals surface area contributed by atoms with E-state index in [9.17, 15) is 14.4 Å². The Hall–Kier alpha value is -3.65. The molecule has 2 aromatic carbocycles. The van der Waals surface area contributed by atoms with Crippen molar-refractivity contribution in [3.63, 3.8) is 0 Å². The number of nitrogens with zero attached hydrogens (tertiary/aromatic N) is 2. The summed E-state index contributed by atoms with van der Waals surface area (Å²) >= 11 is 6.15. The number of aromatic nitrogens is 1. The SMILES string of the molecule is CC(C)C[C@H]1COc2ccc(Cl)cc2C(=O)NCCCCN(C(=O)c2ccc3ccccc3n2)CC(=O)N1. The molecule has 1 aliphatic heterocycles. The summed E-state index contributed by atoms with van der Waals surface area (Å²) in [7, 11) is 0. The molecule has 4 rings (SSSR count). The zero-order chi connectivity index (χ0) is 27.1. The zero-order valence-corrected chi connectivity index (χ0v) is 22.5. The van der Waals surface area contributed by atoms with Crippen LogP contribution in [0.4, 0.5) is 0 Å². The summed E-state index contributed by atoms with van der Waals surface area (Å²) < 4.78 is 6.01. The molecule has 38 heavy (non-hydrogen) atoms. The average Bonchev–Trinajstić information content (AvgIpc) is 2.90. The van der Waals surface area contributed by atoms with E-state index in [0.29, 0.717) is 54.6 Å². The van der Waals surface area contributed by atoms with Crippen LogP contribution in [0.3, 0.4) is 0 Å². The fourth-order valence-electron chi connectivity index (χ4n) is 4.50. The van der Waals surface area contributed by atoms with Gasteiger partial charge in [-0.15, -0.1) is 0 Å². The van der Waals surface area contributed by atoms with Gasteiger partial charge in [-0.25, -0.2) is 4.98 Å². The number of halogens is 1. The molecule has 0 saturated carbocycles. The van der Waals surface area contributed by atoms with Gasteiger partial charge in [0, 0.05) is 23.5 Å². The number of fused-ring (bicyclic) bond motifs is 2. The Morgan fingerprint density at radius 3 is 2.76 bits per heavy atom. The van der Waals surface area contributed by atoms with E-state index >= 15 is 0 Å². The lowest BCUT2D eigenvalue weighted by Gasteiger charge is -2.25. The van der Waals surface area contributed by atoms with Crippen LogP contribution in [0.1, 0.15) is 54.0 Å². The number of rotatable bonds is 3. The summed E-state index contributed by atoms with van der Waals surface area (Å²) in [5.74, 6) is -0.163. The molecule has 0 radical (unpaired) electrons. The topological polar surface area (TPSA) is 101 Å². The van der Waals surface area contributed by atoms with E-state index in [-0.39, 0.29) is 42.6 Å². The van der Waals surface area contributed by atoms with Gasteiger partial charge >= 0.3 is 0 Å². The highest BCUT2D eigenvalue weighted by molar-refractivity contribution is 6.31. The van der Waals surface area contributed by atoms with Gasteiger partial charge in [0.05, 0.1) is 23.7 Å². The second kappa shape index (κ2) is 12.7. The second-order valence-corrected chi connectivity index (χ2v) is 10.4. The van der Waals surface area contributed by atoms with Crippen LogP contribution in [-0.4, -0.2) is 59.9 Å². The van der Waals surface area contributed by atoms with Crippen molar-refractivity contribution < 1.29 is 19.1 Å². The van der Waals surface area contributed by atoms with Crippen molar-refractivity contribution in [2.24, 2.45) is 5.92 Å². The quantitative estimate of drug-likeness (QED) is 0.514. The van der Waals surface area contributed by atoms with E-state index < -0.39 is 0 Å². The standard InChI is InChI=1S/C29H33ClN4O4/c1-19(2)15-22-18-38-26-12-10-21(30)16-23(26)28(36)31-13-5-6-14-34(17-27(35)32-22)29(37)25-11-9-20-7-3-4-8-24(20)33-25/h3-4,7-12,16,19,22H,5-6,13-15,17-18H2,1-2H3,(H,31,36)(H,32,35)/t22-/m0/s1. The van der Waals surface area contributed by atoms with E-state index in [1.54, 1.807) is 24.3 Å². The molecule has 3 aromatic rings. The van der Waals surface area contributed by atoms with E-state index in [2.05, 4.69) is 29.5 Å². The smallest absolute Gasteiger partial charge is 0.272 e. The number of carbonyl (C=O) groups is 3. The summed E-state index contributed by atoms with van der Waals surface area (Å²) in [5, 5.41) is 7.31. The van der Waals surface area contributed by atoms with Crippen LogP contribution >= 0.6 is 11.6 Å². The predicted octanol–water partition coefficient (Wildman–Crippen LogP) is 4.46. The highest BCUT2D eigenvalue weighted by Gasteiger charge is 2.23. The number of hydrogen-bond donors (Lipinski definition) is 2. The minimum Gasteiger partial charge on any atom is -0.491 e. The van der Waals surface area contributed by atoms with Crippen LogP contribution in [0.2, 0.25) is 5.02 Å².